The van der Waals surface area contributed by atoms with Gasteiger partial charge < -0.3 is 10.1 Å². The number of methoxy groups -OCH3 is 1. The number of anilines is 1. The fourth-order valence-electron chi connectivity index (χ4n) is 1.62. The topological polar surface area (TPSA) is 99.0 Å². The van der Waals surface area contributed by atoms with Crippen molar-refractivity contribution in [3.63, 3.8) is 0 Å². The number of hydrogen-bond acceptors (Lipinski definition) is 7. The molecule has 0 fully saturated rings. The number of rotatable bonds is 7. The van der Waals surface area contributed by atoms with E-state index in [9.17, 15) is 9.59 Å². The Kier molecular flexibility index (Phi) is 5.38. The number of esters is 1. The van der Waals surface area contributed by atoms with Crippen LogP contribution in [0.4, 0.5) is 5.13 Å². The number of aromatic nitrogens is 4. The minimum Gasteiger partial charge on any atom is -0.469 e. The number of nitrogens with zero attached hydrogens (tertiary/aromatic N) is 4. The Morgan fingerprint density at radius 1 is 1.48 bits per heavy atom. The van der Waals surface area contributed by atoms with Gasteiger partial charge in [-0.2, -0.15) is 5.10 Å². The third-order valence-electron chi connectivity index (χ3n) is 2.61. The van der Waals surface area contributed by atoms with Gasteiger partial charge in [0.25, 0.3) is 0 Å². The maximum Gasteiger partial charge on any atom is 0.305 e. The highest BCUT2D eigenvalue weighted by Crippen LogP contribution is 2.17. The van der Waals surface area contributed by atoms with E-state index in [1.807, 2.05) is 5.38 Å². The number of aryl methyl sites for hydroxylation is 1. The minimum absolute atomic E-state index is 0.0945. The zero-order chi connectivity index (χ0) is 15.1. The van der Waals surface area contributed by atoms with Gasteiger partial charge in [-0.1, -0.05) is 0 Å². The Morgan fingerprint density at radius 3 is 3.05 bits per heavy atom. The highest BCUT2D eigenvalue weighted by Gasteiger charge is 2.08. The molecule has 0 radical (unpaired) electrons. The highest BCUT2D eigenvalue weighted by atomic mass is 32.1. The summed E-state index contributed by atoms with van der Waals surface area (Å²) in [5.41, 5.74) is 0.847. The van der Waals surface area contributed by atoms with Crippen LogP contribution < -0.4 is 5.32 Å². The van der Waals surface area contributed by atoms with Crippen molar-refractivity contribution in [3.8, 4) is 0 Å². The van der Waals surface area contributed by atoms with Gasteiger partial charge in [-0.15, -0.1) is 11.3 Å². The van der Waals surface area contributed by atoms with E-state index in [0.717, 1.165) is 5.69 Å². The minimum atomic E-state index is -0.230. The monoisotopic (exact) mass is 309 g/mol. The quantitative estimate of drug-likeness (QED) is 0.762. The van der Waals surface area contributed by atoms with Crippen molar-refractivity contribution < 1.29 is 14.3 Å². The predicted molar refractivity (Wildman–Crippen MR) is 75.7 cm³/mol. The van der Waals surface area contributed by atoms with E-state index in [1.54, 1.807) is 0 Å². The van der Waals surface area contributed by atoms with Crippen LogP contribution >= 0.6 is 11.3 Å². The number of amides is 1. The van der Waals surface area contributed by atoms with Crippen molar-refractivity contribution in [2.24, 2.45) is 0 Å². The Morgan fingerprint density at radius 2 is 2.33 bits per heavy atom. The summed E-state index contributed by atoms with van der Waals surface area (Å²) in [6, 6.07) is 0. The summed E-state index contributed by atoms with van der Waals surface area (Å²) in [4.78, 5) is 30.8. The first-order chi connectivity index (χ1) is 10.2. The number of carbonyl (C=O) groups is 2. The molecule has 0 spiro atoms. The van der Waals surface area contributed by atoms with Gasteiger partial charge in [0, 0.05) is 11.8 Å². The number of thiazole rings is 1. The zero-order valence-corrected chi connectivity index (χ0v) is 12.3. The van der Waals surface area contributed by atoms with Gasteiger partial charge in [-0.05, 0) is 12.8 Å². The Balaban J connectivity index is 1.77. The van der Waals surface area contributed by atoms with Crippen molar-refractivity contribution in [3.05, 3.63) is 23.7 Å². The molecule has 1 amide bonds. The van der Waals surface area contributed by atoms with Gasteiger partial charge in [0.15, 0.2) is 5.13 Å². The van der Waals surface area contributed by atoms with Crippen LogP contribution in [0.3, 0.4) is 0 Å². The van der Waals surface area contributed by atoms with E-state index in [1.165, 1.54) is 35.8 Å². The molecule has 0 aliphatic heterocycles. The molecular weight excluding hydrogens is 294 g/mol. The Labute approximate surface area is 125 Å². The largest absolute Gasteiger partial charge is 0.469 e. The second-order valence-corrected chi connectivity index (χ2v) is 5.07. The molecule has 21 heavy (non-hydrogen) atoms. The number of carbonyl (C=O) groups excluding carboxylic acids is 2. The summed E-state index contributed by atoms with van der Waals surface area (Å²) in [6.45, 7) is 0.0945. The van der Waals surface area contributed by atoms with E-state index in [0.29, 0.717) is 24.4 Å². The van der Waals surface area contributed by atoms with Gasteiger partial charge in [0.05, 0.1) is 12.8 Å². The van der Waals surface area contributed by atoms with Crippen LogP contribution in [0, 0.1) is 0 Å². The van der Waals surface area contributed by atoms with Crippen molar-refractivity contribution in [1.82, 2.24) is 19.7 Å². The maximum atomic E-state index is 11.7. The van der Waals surface area contributed by atoms with Gasteiger partial charge in [-0.25, -0.2) is 14.6 Å². The lowest BCUT2D eigenvalue weighted by atomic mass is 10.2. The smallest absolute Gasteiger partial charge is 0.305 e. The van der Waals surface area contributed by atoms with E-state index >= 15 is 0 Å². The van der Waals surface area contributed by atoms with Crippen molar-refractivity contribution in [1.29, 1.82) is 0 Å². The highest BCUT2D eigenvalue weighted by molar-refractivity contribution is 7.13. The van der Waals surface area contributed by atoms with E-state index in [-0.39, 0.29) is 18.4 Å². The molecule has 0 saturated carbocycles. The molecular formula is C12H15N5O3S. The van der Waals surface area contributed by atoms with Crippen LogP contribution in [0.5, 0.6) is 0 Å². The lowest BCUT2D eigenvalue weighted by molar-refractivity contribution is -0.140. The fraction of sp³-hybridized carbons (Fsp3) is 0.417. The van der Waals surface area contributed by atoms with Crippen LogP contribution in [0.1, 0.15) is 18.5 Å². The molecule has 0 unspecified atom stereocenters. The van der Waals surface area contributed by atoms with Crippen LogP contribution in [-0.4, -0.2) is 38.7 Å². The number of ether oxygens (including phenoxy) is 1. The van der Waals surface area contributed by atoms with Crippen molar-refractivity contribution >= 4 is 28.3 Å². The zero-order valence-electron chi connectivity index (χ0n) is 11.5. The van der Waals surface area contributed by atoms with Crippen LogP contribution in [0.25, 0.3) is 0 Å². The summed E-state index contributed by atoms with van der Waals surface area (Å²) in [7, 11) is 1.37. The molecule has 0 aliphatic rings. The van der Waals surface area contributed by atoms with E-state index < -0.39 is 0 Å². The average molecular weight is 309 g/mol. The SMILES string of the molecule is COC(=O)CCCc1csc(NC(=O)Cn2cncn2)n1. The molecule has 0 aromatic carbocycles. The second kappa shape index (κ2) is 7.48. The van der Waals surface area contributed by atoms with Gasteiger partial charge in [-0.3, -0.25) is 9.59 Å². The van der Waals surface area contributed by atoms with Gasteiger partial charge in [0.2, 0.25) is 5.91 Å². The van der Waals surface area contributed by atoms with Gasteiger partial charge >= 0.3 is 5.97 Å². The molecule has 2 aromatic rings. The molecule has 0 bridgehead atoms. The summed E-state index contributed by atoms with van der Waals surface area (Å²) in [5.74, 6) is -0.442. The molecule has 2 aromatic heterocycles. The molecule has 0 aliphatic carbocycles. The summed E-state index contributed by atoms with van der Waals surface area (Å²) in [5, 5.41) is 8.95. The molecule has 0 saturated heterocycles. The third-order valence-corrected chi connectivity index (χ3v) is 3.42. The molecule has 0 atom stereocenters. The van der Waals surface area contributed by atoms with Gasteiger partial charge in [0.1, 0.15) is 19.2 Å². The van der Waals surface area contributed by atoms with Crippen LogP contribution in [-0.2, 0) is 27.3 Å². The first-order valence-corrected chi connectivity index (χ1v) is 7.19. The lowest BCUT2D eigenvalue weighted by Crippen LogP contribution is -2.18. The third kappa shape index (κ3) is 4.95. The second-order valence-electron chi connectivity index (χ2n) is 4.21. The molecule has 1 N–H and O–H groups in total. The number of hydrogen-bond donors (Lipinski definition) is 1. The molecule has 112 valence electrons. The van der Waals surface area contributed by atoms with Crippen LogP contribution in [0.2, 0.25) is 0 Å². The first kappa shape index (κ1) is 15.1. The fourth-order valence-corrected chi connectivity index (χ4v) is 2.38. The average Bonchev–Trinajstić information content (AvgIpc) is 3.10. The molecule has 8 nitrogen and oxygen atoms in total. The van der Waals surface area contributed by atoms with Crippen molar-refractivity contribution in [2.75, 3.05) is 12.4 Å². The summed E-state index contributed by atoms with van der Waals surface area (Å²) in [6.07, 6.45) is 4.55. The van der Waals surface area contributed by atoms with E-state index in [4.69, 9.17) is 0 Å². The number of nitrogens with one attached hydrogen (secondary N) is 1. The standard InChI is InChI=1S/C12H15N5O3S/c1-20-11(19)4-2-3-9-6-21-12(15-9)16-10(18)5-17-8-13-7-14-17/h6-8H,2-5H2,1H3,(H,15,16,18). The van der Waals surface area contributed by atoms with E-state index in [2.05, 4.69) is 25.1 Å². The van der Waals surface area contributed by atoms with Crippen LogP contribution in [0.15, 0.2) is 18.0 Å². The predicted octanol–water partition coefficient (Wildman–Crippen LogP) is 0.869. The summed E-state index contributed by atoms with van der Waals surface area (Å²) < 4.78 is 6.00. The van der Waals surface area contributed by atoms with Crippen molar-refractivity contribution in [2.45, 2.75) is 25.8 Å². The molecule has 2 heterocycles. The first-order valence-electron chi connectivity index (χ1n) is 6.31. The molecule has 9 heteroatoms. The normalized spacial score (nSPS) is 10.3. The molecule has 2 rings (SSSR count). The Hall–Kier alpha value is -2.29. The Bertz CT molecular complexity index is 596. The maximum absolute atomic E-state index is 11.7. The lowest BCUT2D eigenvalue weighted by Gasteiger charge is -2.01. The summed E-state index contributed by atoms with van der Waals surface area (Å²) >= 11 is 1.35.